The molecule has 0 amide bonds. The quantitative estimate of drug-likeness (QED) is 0.479. The summed E-state index contributed by atoms with van der Waals surface area (Å²) >= 11 is 0. The maximum atomic E-state index is 9.65. The lowest BCUT2D eigenvalue weighted by atomic mass is 10.0. The maximum absolute atomic E-state index is 9.65. The summed E-state index contributed by atoms with van der Waals surface area (Å²) in [5, 5.41) is 22.2. The molecule has 3 aromatic carbocycles. The monoisotopic (exact) mass is 318 g/mol. The fourth-order valence-corrected chi connectivity index (χ4v) is 2.51. The number of nitrogens with one attached hydrogen (secondary N) is 1. The molecule has 0 aliphatic rings. The molecule has 3 N–H and O–H groups in total. The van der Waals surface area contributed by atoms with E-state index in [0.717, 1.165) is 16.8 Å². The number of aromatic nitrogens is 1. The van der Waals surface area contributed by atoms with E-state index in [2.05, 4.69) is 10.3 Å². The summed E-state index contributed by atoms with van der Waals surface area (Å²) in [5.74, 6) is -0.296. The SMILES string of the molecule is Oc1ccc(-c2ccc3oc(Nc4ccccc4)nc3c2)cc1O. The molecule has 4 aromatic rings. The molecule has 1 aromatic heterocycles. The minimum Gasteiger partial charge on any atom is -0.504 e. The number of anilines is 2. The Labute approximate surface area is 137 Å². The average molecular weight is 318 g/mol. The summed E-state index contributed by atoms with van der Waals surface area (Å²) in [6, 6.07) is 20.4. The van der Waals surface area contributed by atoms with Crippen LogP contribution in [0.1, 0.15) is 0 Å². The predicted octanol–water partition coefficient (Wildman–Crippen LogP) is 4.65. The van der Waals surface area contributed by atoms with Crippen molar-refractivity contribution in [3.8, 4) is 22.6 Å². The lowest BCUT2D eigenvalue weighted by Crippen LogP contribution is -1.88. The molecule has 0 radical (unpaired) electrons. The van der Waals surface area contributed by atoms with E-state index in [0.29, 0.717) is 17.1 Å². The molecule has 0 spiro atoms. The van der Waals surface area contributed by atoms with Crippen molar-refractivity contribution in [3.05, 3.63) is 66.7 Å². The Kier molecular flexibility index (Phi) is 3.31. The second-order valence-electron chi connectivity index (χ2n) is 5.40. The lowest BCUT2D eigenvalue weighted by molar-refractivity contribution is 0.404. The van der Waals surface area contributed by atoms with Gasteiger partial charge in [0.05, 0.1) is 0 Å². The van der Waals surface area contributed by atoms with Gasteiger partial charge in [0.2, 0.25) is 0 Å². The summed E-state index contributed by atoms with van der Waals surface area (Å²) in [5.41, 5.74) is 3.93. The van der Waals surface area contributed by atoms with Crippen LogP contribution < -0.4 is 5.32 Å². The number of phenolic OH excluding ortho intramolecular Hbond substituents is 2. The van der Waals surface area contributed by atoms with Gasteiger partial charge in [0.15, 0.2) is 17.1 Å². The van der Waals surface area contributed by atoms with Gasteiger partial charge in [-0.3, -0.25) is 0 Å². The van der Waals surface area contributed by atoms with E-state index in [1.807, 2.05) is 48.5 Å². The van der Waals surface area contributed by atoms with Crippen LogP contribution in [0.5, 0.6) is 11.5 Å². The molecule has 5 nitrogen and oxygen atoms in total. The fraction of sp³-hybridized carbons (Fsp3) is 0. The number of hydrogen-bond donors (Lipinski definition) is 3. The van der Waals surface area contributed by atoms with Gasteiger partial charge in [0.25, 0.3) is 6.01 Å². The molecule has 0 aliphatic heterocycles. The van der Waals surface area contributed by atoms with E-state index in [1.54, 1.807) is 6.07 Å². The van der Waals surface area contributed by atoms with Gasteiger partial charge in [0.1, 0.15) is 5.52 Å². The van der Waals surface area contributed by atoms with Gasteiger partial charge in [-0.05, 0) is 47.5 Å². The Morgan fingerprint density at radius 2 is 1.54 bits per heavy atom. The molecule has 0 unspecified atom stereocenters. The van der Waals surface area contributed by atoms with Crippen molar-refractivity contribution in [2.24, 2.45) is 0 Å². The van der Waals surface area contributed by atoms with Crippen molar-refractivity contribution in [2.45, 2.75) is 0 Å². The van der Waals surface area contributed by atoms with Crippen LogP contribution >= 0.6 is 0 Å². The molecular formula is C19H14N2O3. The first-order chi connectivity index (χ1) is 11.7. The van der Waals surface area contributed by atoms with Gasteiger partial charge < -0.3 is 19.9 Å². The third-order valence-corrected chi connectivity index (χ3v) is 3.72. The zero-order valence-corrected chi connectivity index (χ0v) is 12.6. The van der Waals surface area contributed by atoms with Gasteiger partial charge >= 0.3 is 0 Å². The van der Waals surface area contributed by atoms with E-state index in [9.17, 15) is 10.2 Å². The molecule has 0 aliphatic carbocycles. The van der Waals surface area contributed by atoms with Gasteiger partial charge in [0, 0.05) is 5.69 Å². The third kappa shape index (κ3) is 2.63. The topological polar surface area (TPSA) is 78.5 Å². The first-order valence-corrected chi connectivity index (χ1v) is 7.44. The summed E-state index contributed by atoms with van der Waals surface area (Å²) in [6.45, 7) is 0. The first kappa shape index (κ1) is 14.1. The molecule has 0 saturated carbocycles. The highest BCUT2D eigenvalue weighted by Gasteiger charge is 2.09. The zero-order chi connectivity index (χ0) is 16.5. The minimum absolute atomic E-state index is 0.143. The van der Waals surface area contributed by atoms with Crippen molar-refractivity contribution in [1.29, 1.82) is 0 Å². The highest BCUT2D eigenvalue weighted by atomic mass is 16.4. The van der Waals surface area contributed by atoms with Crippen molar-refractivity contribution in [3.63, 3.8) is 0 Å². The number of rotatable bonds is 3. The molecule has 0 bridgehead atoms. The lowest BCUT2D eigenvalue weighted by Gasteiger charge is -2.03. The van der Waals surface area contributed by atoms with Gasteiger partial charge in [-0.1, -0.05) is 30.3 Å². The highest BCUT2D eigenvalue weighted by Crippen LogP contribution is 2.32. The molecule has 24 heavy (non-hydrogen) atoms. The molecule has 0 saturated heterocycles. The van der Waals surface area contributed by atoms with E-state index < -0.39 is 0 Å². The summed E-state index contributed by atoms with van der Waals surface area (Å²) < 4.78 is 5.69. The van der Waals surface area contributed by atoms with Crippen molar-refractivity contribution in [1.82, 2.24) is 4.98 Å². The summed E-state index contributed by atoms with van der Waals surface area (Å²) in [4.78, 5) is 4.44. The Bertz CT molecular complexity index is 1010. The third-order valence-electron chi connectivity index (χ3n) is 3.72. The number of nitrogens with zero attached hydrogens (tertiary/aromatic N) is 1. The molecule has 1 heterocycles. The number of benzene rings is 3. The Morgan fingerprint density at radius 1 is 0.792 bits per heavy atom. The van der Waals surface area contributed by atoms with Crippen LogP contribution in [0, 0.1) is 0 Å². The van der Waals surface area contributed by atoms with Crippen LogP contribution in [-0.4, -0.2) is 15.2 Å². The zero-order valence-electron chi connectivity index (χ0n) is 12.6. The number of phenols is 2. The van der Waals surface area contributed by atoms with E-state index >= 15 is 0 Å². The predicted molar refractivity (Wildman–Crippen MR) is 92.5 cm³/mol. The van der Waals surface area contributed by atoms with Crippen LogP contribution in [0.3, 0.4) is 0 Å². The number of para-hydroxylation sites is 1. The Balaban J connectivity index is 1.69. The fourth-order valence-electron chi connectivity index (χ4n) is 2.51. The molecule has 0 fully saturated rings. The first-order valence-electron chi connectivity index (χ1n) is 7.44. The van der Waals surface area contributed by atoms with Crippen LogP contribution in [0.15, 0.2) is 71.1 Å². The number of fused-ring (bicyclic) bond motifs is 1. The second-order valence-corrected chi connectivity index (χ2v) is 5.40. The second kappa shape index (κ2) is 5.62. The minimum atomic E-state index is -0.154. The van der Waals surface area contributed by atoms with Gasteiger partial charge in [-0.25, -0.2) is 0 Å². The van der Waals surface area contributed by atoms with Crippen molar-refractivity contribution in [2.75, 3.05) is 5.32 Å². The van der Waals surface area contributed by atoms with Gasteiger partial charge in [-0.15, -0.1) is 0 Å². The summed E-state index contributed by atoms with van der Waals surface area (Å²) in [7, 11) is 0. The number of aromatic hydroxyl groups is 2. The molecule has 4 rings (SSSR count). The van der Waals surface area contributed by atoms with E-state index in [1.165, 1.54) is 12.1 Å². The average Bonchev–Trinajstić information content (AvgIpc) is 2.99. The highest BCUT2D eigenvalue weighted by molar-refractivity contribution is 5.82. The number of oxazole rings is 1. The van der Waals surface area contributed by atoms with Crippen LogP contribution in [0.4, 0.5) is 11.7 Å². The maximum Gasteiger partial charge on any atom is 0.300 e. The van der Waals surface area contributed by atoms with Crippen LogP contribution in [0.25, 0.3) is 22.2 Å². The van der Waals surface area contributed by atoms with Crippen molar-refractivity contribution < 1.29 is 14.6 Å². The summed E-state index contributed by atoms with van der Waals surface area (Å²) in [6.07, 6.45) is 0. The molecule has 0 atom stereocenters. The molecule has 118 valence electrons. The normalized spacial score (nSPS) is 10.8. The smallest absolute Gasteiger partial charge is 0.300 e. The van der Waals surface area contributed by atoms with E-state index in [4.69, 9.17) is 4.42 Å². The van der Waals surface area contributed by atoms with Crippen LogP contribution in [-0.2, 0) is 0 Å². The Hall–Kier alpha value is -3.47. The van der Waals surface area contributed by atoms with Crippen molar-refractivity contribution >= 4 is 22.8 Å². The number of hydrogen-bond acceptors (Lipinski definition) is 5. The molecule has 5 heteroatoms. The molecular weight excluding hydrogens is 304 g/mol. The Morgan fingerprint density at radius 3 is 2.33 bits per heavy atom. The van der Waals surface area contributed by atoms with Gasteiger partial charge in [-0.2, -0.15) is 4.98 Å². The standard InChI is InChI=1S/C19H14N2O3/c22-16-8-6-13(11-17(16)23)12-7-9-18-15(10-12)21-19(24-18)20-14-4-2-1-3-5-14/h1-11,22-23H,(H,20,21). The van der Waals surface area contributed by atoms with Crippen LogP contribution in [0.2, 0.25) is 0 Å². The van der Waals surface area contributed by atoms with E-state index in [-0.39, 0.29) is 11.5 Å². The largest absolute Gasteiger partial charge is 0.504 e.